The lowest BCUT2D eigenvalue weighted by atomic mass is 10.3. The molecule has 4 nitrogen and oxygen atoms in total. The summed E-state index contributed by atoms with van der Waals surface area (Å²) in [5.41, 5.74) is 0. The number of aliphatic hydroxyl groups excluding tert-OH is 2. The summed E-state index contributed by atoms with van der Waals surface area (Å²) in [6.07, 6.45) is 0.958. The van der Waals surface area contributed by atoms with E-state index in [1.54, 1.807) is 13.8 Å². The van der Waals surface area contributed by atoms with E-state index in [9.17, 15) is 9.59 Å². The summed E-state index contributed by atoms with van der Waals surface area (Å²) in [6, 6.07) is 0. The van der Waals surface area contributed by atoms with Gasteiger partial charge in [0.1, 0.15) is 12.6 Å². The van der Waals surface area contributed by atoms with E-state index in [2.05, 4.69) is 0 Å². The first-order chi connectivity index (χ1) is 5.54. The van der Waals surface area contributed by atoms with Gasteiger partial charge in [-0.15, -0.1) is 0 Å². The van der Waals surface area contributed by atoms with Gasteiger partial charge in [0.2, 0.25) is 0 Å². The minimum atomic E-state index is -0.470. The van der Waals surface area contributed by atoms with E-state index in [0.29, 0.717) is 12.6 Å². The fourth-order valence-corrected chi connectivity index (χ4v) is 0.279. The van der Waals surface area contributed by atoms with Crippen LogP contribution in [0, 0.1) is 0 Å². The molecular formula is C8H16O4. The Balaban J connectivity index is 0. The first-order valence-electron chi connectivity index (χ1n) is 3.78. The Kier molecular flexibility index (Phi) is 11.8. The Morgan fingerprint density at radius 2 is 1.25 bits per heavy atom. The SMILES string of the molecule is CC(O)CC=O.CC(O)CC=O. The van der Waals surface area contributed by atoms with Gasteiger partial charge in [0, 0.05) is 12.8 Å². The van der Waals surface area contributed by atoms with Gasteiger partial charge in [-0.05, 0) is 13.8 Å². The van der Waals surface area contributed by atoms with Crippen LogP contribution in [0.3, 0.4) is 0 Å². The van der Waals surface area contributed by atoms with Crippen molar-refractivity contribution in [2.24, 2.45) is 0 Å². The van der Waals surface area contributed by atoms with Crippen molar-refractivity contribution in [2.45, 2.75) is 38.9 Å². The third-order valence-corrected chi connectivity index (χ3v) is 0.875. The second-order valence-corrected chi connectivity index (χ2v) is 2.50. The third kappa shape index (κ3) is 22.8. The van der Waals surface area contributed by atoms with Crippen LogP contribution < -0.4 is 0 Å². The van der Waals surface area contributed by atoms with Gasteiger partial charge in [0.25, 0.3) is 0 Å². The Hall–Kier alpha value is -0.740. The molecular weight excluding hydrogens is 160 g/mol. The van der Waals surface area contributed by atoms with E-state index < -0.39 is 12.2 Å². The van der Waals surface area contributed by atoms with Crippen molar-refractivity contribution in [1.29, 1.82) is 0 Å². The topological polar surface area (TPSA) is 74.6 Å². The summed E-state index contributed by atoms with van der Waals surface area (Å²) in [4.78, 5) is 18.9. The van der Waals surface area contributed by atoms with E-state index in [-0.39, 0.29) is 12.8 Å². The largest absolute Gasteiger partial charge is 0.393 e. The molecule has 0 aliphatic rings. The van der Waals surface area contributed by atoms with Crippen molar-refractivity contribution in [3.8, 4) is 0 Å². The van der Waals surface area contributed by atoms with Crippen molar-refractivity contribution in [2.75, 3.05) is 0 Å². The minimum Gasteiger partial charge on any atom is -0.393 e. The summed E-state index contributed by atoms with van der Waals surface area (Å²) in [5.74, 6) is 0. The zero-order chi connectivity index (χ0) is 9.98. The lowest BCUT2D eigenvalue weighted by Gasteiger charge is -1.89. The third-order valence-electron chi connectivity index (χ3n) is 0.875. The van der Waals surface area contributed by atoms with Crippen LogP contribution in [-0.2, 0) is 9.59 Å². The predicted molar refractivity (Wildman–Crippen MR) is 44.7 cm³/mol. The maximum Gasteiger partial charge on any atom is 0.122 e. The standard InChI is InChI=1S/2C4H8O2/c2*1-4(6)2-3-5/h2*3-4,6H,2H2,1H3. The van der Waals surface area contributed by atoms with Crippen LogP contribution in [0.2, 0.25) is 0 Å². The molecule has 0 aromatic carbocycles. The smallest absolute Gasteiger partial charge is 0.122 e. The summed E-state index contributed by atoms with van der Waals surface area (Å²) < 4.78 is 0. The van der Waals surface area contributed by atoms with Gasteiger partial charge in [-0.2, -0.15) is 0 Å². The molecule has 0 saturated heterocycles. The van der Waals surface area contributed by atoms with Crippen LogP contribution in [0.25, 0.3) is 0 Å². The maximum atomic E-state index is 9.46. The number of rotatable bonds is 4. The van der Waals surface area contributed by atoms with E-state index in [4.69, 9.17) is 10.2 Å². The molecule has 0 heterocycles. The summed E-state index contributed by atoms with van der Waals surface area (Å²) >= 11 is 0. The molecule has 2 N–H and O–H groups in total. The van der Waals surface area contributed by atoms with E-state index >= 15 is 0 Å². The number of carbonyl (C=O) groups is 2. The molecule has 2 atom stereocenters. The van der Waals surface area contributed by atoms with Crippen molar-refractivity contribution in [3.63, 3.8) is 0 Å². The number of carbonyl (C=O) groups excluding carboxylic acids is 2. The van der Waals surface area contributed by atoms with Gasteiger partial charge in [-0.25, -0.2) is 0 Å². The van der Waals surface area contributed by atoms with Gasteiger partial charge in [0.05, 0.1) is 12.2 Å². The number of hydrogen-bond donors (Lipinski definition) is 2. The zero-order valence-electron chi connectivity index (χ0n) is 7.43. The zero-order valence-corrected chi connectivity index (χ0v) is 7.43. The molecule has 2 unspecified atom stereocenters. The predicted octanol–water partition coefficient (Wildman–Crippen LogP) is -0.0876. The molecule has 0 aromatic heterocycles. The summed E-state index contributed by atoms with van der Waals surface area (Å²) in [7, 11) is 0. The number of aliphatic hydroxyl groups is 2. The maximum absolute atomic E-state index is 9.46. The van der Waals surface area contributed by atoms with Gasteiger partial charge in [-0.3, -0.25) is 0 Å². The van der Waals surface area contributed by atoms with Gasteiger partial charge in [0.15, 0.2) is 0 Å². The number of hydrogen-bond acceptors (Lipinski definition) is 4. The molecule has 0 fully saturated rings. The van der Waals surface area contributed by atoms with Crippen molar-refractivity contribution < 1.29 is 19.8 Å². The Labute approximate surface area is 72.2 Å². The fourth-order valence-electron chi connectivity index (χ4n) is 0.279. The molecule has 12 heavy (non-hydrogen) atoms. The summed E-state index contributed by atoms with van der Waals surface area (Å²) in [5, 5.41) is 16.6. The first kappa shape index (κ1) is 13.8. The average molecular weight is 176 g/mol. The highest BCUT2D eigenvalue weighted by Gasteiger charge is 1.88. The highest BCUT2D eigenvalue weighted by molar-refractivity contribution is 5.50. The molecule has 0 saturated carbocycles. The van der Waals surface area contributed by atoms with Gasteiger partial charge >= 0.3 is 0 Å². The molecule has 0 bridgehead atoms. The van der Waals surface area contributed by atoms with Crippen LogP contribution in [0.15, 0.2) is 0 Å². The molecule has 4 heteroatoms. The molecule has 0 aromatic rings. The molecule has 0 rings (SSSR count). The molecule has 0 amide bonds. The fraction of sp³-hybridized carbons (Fsp3) is 0.750. The lowest BCUT2D eigenvalue weighted by molar-refractivity contribution is -0.110. The number of aldehydes is 2. The van der Waals surface area contributed by atoms with Gasteiger partial charge < -0.3 is 19.8 Å². The van der Waals surface area contributed by atoms with Crippen molar-refractivity contribution in [3.05, 3.63) is 0 Å². The first-order valence-corrected chi connectivity index (χ1v) is 3.78. The summed E-state index contributed by atoms with van der Waals surface area (Å²) in [6.45, 7) is 3.16. The Morgan fingerprint density at radius 1 is 1.00 bits per heavy atom. The quantitative estimate of drug-likeness (QED) is 0.587. The van der Waals surface area contributed by atoms with Crippen molar-refractivity contribution in [1.82, 2.24) is 0 Å². The highest BCUT2D eigenvalue weighted by atomic mass is 16.3. The highest BCUT2D eigenvalue weighted by Crippen LogP contribution is 1.80. The normalized spacial score (nSPS) is 13.7. The Morgan fingerprint density at radius 3 is 1.25 bits per heavy atom. The van der Waals surface area contributed by atoms with Crippen LogP contribution in [-0.4, -0.2) is 35.0 Å². The van der Waals surface area contributed by atoms with Gasteiger partial charge in [-0.1, -0.05) is 0 Å². The molecule has 0 aliphatic carbocycles. The van der Waals surface area contributed by atoms with Crippen LogP contribution >= 0.6 is 0 Å². The molecule has 0 radical (unpaired) electrons. The molecule has 72 valence electrons. The van der Waals surface area contributed by atoms with Crippen LogP contribution in [0.1, 0.15) is 26.7 Å². The monoisotopic (exact) mass is 176 g/mol. The van der Waals surface area contributed by atoms with E-state index in [1.165, 1.54) is 0 Å². The van der Waals surface area contributed by atoms with Crippen LogP contribution in [0.4, 0.5) is 0 Å². The Bertz CT molecular complexity index is 95.6. The van der Waals surface area contributed by atoms with Crippen molar-refractivity contribution >= 4 is 12.6 Å². The van der Waals surface area contributed by atoms with E-state index in [0.717, 1.165) is 0 Å². The minimum absolute atomic E-state index is 0.250. The average Bonchev–Trinajstić information content (AvgIpc) is 1.87. The van der Waals surface area contributed by atoms with Crippen LogP contribution in [0.5, 0.6) is 0 Å². The van der Waals surface area contributed by atoms with E-state index in [1.807, 2.05) is 0 Å². The lowest BCUT2D eigenvalue weighted by Crippen LogP contribution is -1.97. The molecule has 0 aliphatic heterocycles. The second-order valence-electron chi connectivity index (χ2n) is 2.50. The molecule has 0 spiro atoms. The second kappa shape index (κ2) is 10.3.